The van der Waals surface area contributed by atoms with Gasteiger partial charge in [0.05, 0.1) is 0 Å². The van der Waals surface area contributed by atoms with Crippen molar-refractivity contribution in [3.05, 3.63) is 0 Å². The fraction of sp³-hybridized carbons (Fsp3) is 0.857. The van der Waals surface area contributed by atoms with Gasteiger partial charge in [-0.15, -0.1) is 0 Å². The summed E-state index contributed by atoms with van der Waals surface area (Å²) in [5.41, 5.74) is 0. The number of hydrogen-bond donors (Lipinski definition) is 1. The molecule has 2 atom stereocenters. The second-order valence-electron chi connectivity index (χ2n) is 2.66. The van der Waals surface area contributed by atoms with Crippen molar-refractivity contribution >= 4 is 15.9 Å². The summed E-state index contributed by atoms with van der Waals surface area (Å²) in [4.78, 5) is 0.501. The first-order chi connectivity index (χ1) is 4.84. The third-order valence-electron chi connectivity index (χ3n) is 1.93. The lowest BCUT2D eigenvalue weighted by Crippen LogP contribution is -2.36. The van der Waals surface area contributed by atoms with Crippen molar-refractivity contribution in [1.29, 1.82) is 5.26 Å². The van der Waals surface area contributed by atoms with Crippen molar-refractivity contribution < 1.29 is 0 Å². The molecular formula is C7H11BrN2. The van der Waals surface area contributed by atoms with E-state index in [-0.39, 0.29) is 0 Å². The van der Waals surface area contributed by atoms with Gasteiger partial charge in [0.15, 0.2) is 6.19 Å². The number of nitrogens with zero attached hydrogens (tertiary/aromatic N) is 1. The summed E-state index contributed by atoms with van der Waals surface area (Å²) in [6, 6.07) is 0.374. The molecule has 0 unspecified atom stereocenters. The molecule has 1 saturated carbocycles. The van der Waals surface area contributed by atoms with Gasteiger partial charge in [-0.2, -0.15) is 5.26 Å². The van der Waals surface area contributed by atoms with Gasteiger partial charge in [0.2, 0.25) is 0 Å². The highest BCUT2D eigenvalue weighted by molar-refractivity contribution is 9.09. The highest BCUT2D eigenvalue weighted by Gasteiger charge is 2.21. The molecule has 3 heteroatoms. The van der Waals surface area contributed by atoms with Crippen LogP contribution >= 0.6 is 15.9 Å². The predicted octanol–water partition coefficient (Wildman–Crippen LogP) is 1.76. The smallest absolute Gasteiger partial charge is 0.176 e. The summed E-state index contributed by atoms with van der Waals surface area (Å²) in [5.74, 6) is 0. The molecule has 1 aliphatic rings. The van der Waals surface area contributed by atoms with Crippen LogP contribution in [0.1, 0.15) is 25.7 Å². The molecule has 56 valence electrons. The molecule has 0 bridgehead atoms. The maximum absolute atomic E-state index is 8.35. The Bertz CT molecular complexity index is 141. The minimum Gasteiger partial charge on any atom is -0.320 e. The SMILES string of the molecule is N#CN[C@@H]1CCCC[C@H]1Br. The van der Waals surface area contributed by atoms with Crippen LogP contribution < -0.4 is 5.32 Å². The summed E-state index contributed by atoms with van der Waals surface area (Å²) in [6.07, 6.45) is 6.85. The van der Waals surface area contributed by atoms with Gasteiger partial charge in [0.1, 0.15) is 0 Å². The molecule has 0 spiro atoms. The molecule has 1 rings (SSSR count). The number of rotatable bonds is 1. The van der Waals surface area contributed by atoms with Crippen LogP contribution in [0.5, 0.6) is 0 Å². The molecule has 0 aromatic carbocycles. The molecule has 0 aromatic heterocycles. The van der Waals surface area contributed by atoms with Gasteiger partial charge < -0.3 is 5.32 Å². The normalized spacial score (nSPS) is 32.8. The molecule has 0 radical (unpaired) electrons. The Morgan fingerprint density at radius 2 is 2.10 bits per heavy atom. The molecule has 0 amide bonds. The van der Waals surface area contributed by atoms with E-state index in [9.17, 15) is 0 Å². The Balaban J connectivity index is 2.34. The minimum absolute atomic E-state index is 0.374. The van der Waals surface area contributed by atoms with E-state index in [2.05, 4.69) is 21.2 Å². The molecule has 1 fully saturated rings. The van der Waals surface area contributed by atoms with E-state index < -0.39 is 0 Å². The first-order valence-electron chi connectivity index (χ1n) is 3.63. The standard InChI is InChI=1S/C7H11BrN2/c8-6-3-1-2-4-7(6)10-5-9/h6-7,10H,1-4H2/t6-,7-/m1/s1. The molecular weight excluding hydrogens is 192 g/mol. The van der Waals surface area contributed by atoms with E-state index in [4.69, 9.17) is 5.26 Å². The summed E-state index contributed by atoms with van der Waals surface area (Å²) < 4.78 is 0. The Hall–Kier alpha value is -0.230. The van der Waals surface area contributed by atoms with Crippen LogP contribution in [0.2, 0.25) is 0 Å². The summed E-state index contributed by atoms with van der Waals surface area (Å²) in [5, 5.41) is 11.1. The van der Waals surface area contributed by atoms with Crippen LogP contribution in [0.3, 0.4) is 0 Å². The first-order valence-corrected chi connectivity index (χ1v) is 4.55. The zero-order valence-corrected chi connectivity index (χ0v) is 7.39. The van der Waals surface area contributed by atoms with Gasteiger partial charge in [-0.1, -0.05) is 28.8 Å². The minimum atomic E-state index is 0.374. The third kappa shape index (κ3) is 1.88. The number of alkyl halides is 1. The highest BCUT2D eigenvalue weighted by Crippen LogP contribution is 2.23. The predicted molar refractivity (Wildman–Crippen MR) is 43.7 cm³/mol. The molecule has 0 saturated heterocycles. The van der Waals surface area contributed by atoms with Crippen molar-refractivity contribution in [2.24, 2.45) is 0 Å². The molecule has 0 aliphatic heterocycles. The Morgan fingerprint density at radius 1 is 1.40 bits per heavy atom. The maximum atomic E-state index is 8.35. The summed E-state index contributed by atoms with van der Waals surface area (Å²) in [7, 11) is 0. The fourth-order valence-electron chi connectivity index (χ4n) is 1.33. The average molecular weight is 203 g/mol. The molecule has 10 heavy (non-hydrogen) atoms. The topological polar surface area (TPSA) is 35.8 Å². The molecule has 1 aliphatic carbocycles. The highest BCUT2D eigenvalue weighted by atomic mass is 79.9. The van der Waals surface area contributed by atoms with E-state index >= 15 is 0 Å². The van der Waals surface area contributed by atoms with E-state index in [1.54, 1.807) is 0 Å². The van der Waals surface area contributed by atoms with E-state index in [1.807, 2.05) is 6.19 Å². The van der Waals surface area contributed by atoms with Crippen LogP contribution in [-0.4, -0.2) is 10.9 Å². The van der Waals surface area contributed by atoms with Crippen LogP contribution in [0.4, 0.5) is 0 Å². The lowest BCUT2D eigenvalue weighted by atomic mass is 9.96. The van der Waals surface area contributed by atoms with Gasteiger partial charge in [-0.25, -0.2) is 0 Å². The maximum Gasteiger partial charge on any atom is 0.176 e. The number of halogens is 1. The van der Waals surface area contributed by atoms with Crippen LogP contribution in [0, 0.1) is 11.5 Å². The Kier molecular flexibility index (Phi) is 3.01. The van der Waals surface area contributed by atoms with Crippen molar-refractivity contribution in [1.82, 2.24) is 5.32 Å². The largest absolute Gasteiger partial charge is 0.320 e. The van der Waals surface area contributed by atoms with Gasteiger partial charge >= 0.3 is 0 Å². The number of nitrogens with one attached hydrogen (secondary N) is 1. The van der Waals surface area contributed by atoms with Crippen molar-refractivity contribution in [3.63, 3.8) is 0 Å². The zero-order chi connectivity index (χ0) is 7.40. The van der Waals surface area contributed by atoms with Crippen molar-refractivity contribution in [2.45, 2.75) is 36.6 Å². The zero-order valence-electron chi connectivity index (χ0n) is 5.81. The lowest BCUT2D eigenvalue weighted by molar-refractivity contribution is 0.424. The molecule has 1 N–H and O–H groups in total. The quantitative estimate of drug-likeness (QED) is 0.400. The van der Waals surface area contributed by atoms with Gasteiger partial charge in [-0.3, -0.25) is 0 Å². The van der Waals surface area contributed by atoms with E-state index in [0.717, 1.165) is 6.42 Å². The molecule has 2 nitrogen and oxygen atoms in total. The average Bonchev–Trinajstić information content (AvgIpc) is 1.94. The third-order valence-corrected chi connectivity index (χ3v) is 3.03. The van der Waals surface area contributed by atoms with E-state index in [0.29, 0.717) is 10.9 Å². The Labute approximate surface area is 69.7 Å². The van der Waals surface area contributed by atoms with Gasteiger partial charge in [-0.05, 0) is 12.8 Å². The number of hydrogen-bond acceptors (Lipinski definition) is 2. The second-order valence-corrected chi connectivity index (χ2v) is 3.84. The van der Waals surface area contributed by atoms with Crippen LogP contribution in [0.15, 0.2) is 0 Å². The number of nitriles is 1. The van der Waals surface area contributed by atoms with Crippen molar-refractivity contribution in [3.8, 4) is 6.19 Å². The van der Waals surface area contributed by atoms with Gasteiger partial charge in [0.25, 0.3) is 0 Å². The Morgan fingerprint density at radius 3 is 2.70 bits per heavy atom. The fourth-order valence-corrected chi connectivity index (χ4v) is 2.05. The van der Waals surface area contributed by atoms with Crippen LogP contribution in [0.25, 0.3) is 0 Å². The van der Waals surface area contributed by atoms with Crippen LogP contribution in [-0.2, 0) is 0 Å². The first kappa shape index (κ1) is 7.87. The van der Waals surface area contributed by atoms with Crippen molar-refractivity contribution in [2.75, 3.05) is 0 Å². The molecule has 0 aromatic rings. The summed E-state index contributed by atoms with van der Waals surface area (Å²) in [6.45, 7) is 0. The van der Waals surface area contributed by atoms with Gasteiger partial charge in [0, 0.05) is 10.9 Å². The monoisotopic (exact) mass is 202 g/mol. The molecule has 0 heterocycles. The lowest BCUT2D eigenvalue weighted by Gasteiger charge is -2.25. The summed E-state index contributed by atoms with van der Waals surface area (Å²) >= 11 is 3.54. The second kappa shape index (κ2) is 3.82. The van der Waals surface area contributed by atoms with E-state index in [1.165, 1.54) is 19.3 Å².